The zero-order valence-electron chi connectivity index (χ0n) is 14.7. The van der Waals surface area contributed by atoms with E-state index >= 15 is 0 Å². The molecule has 148 valence electrons. The summed E-state index contributed by atoms with van der Waals surface area (Å²) in [4.78, 5) is 33.6. The van der Waals surface area contributed by atoms with Crippen LogP contribution in [0.2, 0.25) is 0 Å². The molecule has 2 fully saturated rings. The molecule has 3 heterocycles. The normalized spacial score (nSPS) is 19.0. The Morgan fingerprint density at radius 2 is 1.59 bits per heavy atom. The van der Waals surface area contributed by atoms with Gasteiger partial charge < -0.3 is 19.4 Å². The number of alkyl halides is 3. The number of hydrogen-bond donors (Lipinski definition) is 0. The largest absolute Gasteiger partial charge is 0.417 e. The average molecular weight is 386 g/mol. The molecule has 0 aromatic carbocycles. The van der Waals surface area contributed by atoms with Crippen LogP contribution in [0.1, 0.15) is 22.3 Å². The highest BCUT2D eigenvalue weighted by Gasteiger charge is 2.36. The second kappa shape index (κ2) is 8.12. The van der Waals surface area contributed by atoms with Crippen LogP contribution in [0.25, 0.3) is 0 Å². The number of nitrogens with zero attached hydrogens (tertiary/aromatic N) is 4. The maximum atomic E-state index is 13.2. The Balaban J connectivity index is 1.68. The molecular weight excluding hydrogens is 365 g/mol. The summed E-state index contributed by atoms with van der Waals surface area (Å²) in [5.74, 6) is -0.712. The van der Waals surface area contributed by atoms with E-state index in [1.54, 1.807) is 9.80 Å². The predicted molar refractivity (Wildman–Crippen MR) is 89.1 cm³/mol. The van der Waals surface area contributed by atoms with Gasteiger partial charge in [-0.05, 0) is 12.5 Å². The van der Waals surface area contributed by atoms with E-state index in [1.807, 2.05) is 0 Å². The molecule has 0 bridgehead atoms. The van der Waals surface area contributed by atoms with Gasteiger partial charge in [0.25, 0.3) is 5.91 Å². The standard InChI is InChI=1S/C17H21F3N4O3/c18-17(19,20)14-2-3-21-12-13(14)15(25)22-4-1-5-23(7-6-22)16(26)24-8-10-27-11-9-24/h2-3,12H,1,4-11H2. The molecule has 1 aromatic heterocycles. The molecule has 0 spiro atoms. The van der Waals surface area contributed by atoms with E-state index in [4.69, 9.17) is 4.74 Å². The molecule has 2 aliphatic rings. The van der Waals surface area contributed by atoms with Crippen molar-refractivity contribution in [3.63, 3.8) is 0 Å². The van der Waals surface area contributed by atoms with Crippen LogP contribution in [-0.4, -0.2) is 84.1 Å². The molecule has 0 radical (unpaired) electrons. The van der Waals surface area contributed by atoms with Crippen LogP contribution in [0.15, 0.2) is 18.5 Å². The number of urea groups is 1. The maximum absolute atomic E-state index is 13.2. The van der Waals surface area contributed by atoms with E-state index in [9.17, 15) is 22.8 Å². The van der Waals surface area contributed by atoms with Gasteiger partial charge in [0.2, 0.25) is 0 Å². The molecule has 0 atom stereocenters. The molecule has 0 aliphatic carbocycles. The lowest BCUT2D eigenvalue weighted by atomic mass is 10.1. The van der Waals surface area contributed by atoms with Crippen molar-refractivity contribution >= 4 is 11.9 Å². The molecule has 1 aromatic rings. The van der Waals surface area contributed by atoms with Crippen molar-refractivity contribution in [1.82, 2.24) is 19.7 Å². The van der Waals surface area contributed by atoms with Gasteiger partial charge in [0.05, 0.1) is 24.3 Å². The smallest absolute Gasteiger partial charge is 0.378 e. The van der Waals surface area contributed by atoms with Crippen LogP contribution in [0.4, 0.5) is 18.0 Å². The lowest BCUT2D eigenvalue weighted by molar-refractivity contribution is -0.138. The predicted octanol–water partition coefficient (Wildman–Crippen LogP) is 1.70. The van der Waals surface area contributed by atoms with Crippen molar-refractivity contribution in [1.29, 1.82) is 0 Å². The van der Waals surface area contributed by atoms with Crippen molar-refractivity contribution in [2.24, 2.45) is 0 Å². The minimum Gasteiger partial charge on any atom is -0.378 e. The third-order valence-electron chi connectivity index (χ3n) is 4.69. The number of ether oxygens (including phenoxy) is 1. The Hall–Kier alpha value is -2.36. The summed E-state index contributed by atoms with van der Waals surface area (Å²) in [6, 6.07) is 0.684. The molecule has 10 heteroatoms. The van der Waals surface area contributed by atoms with E-state index in [2.05, 4.69) is 4.98 Å². The molecule has 7 nitrogen and oxygen atoms in total. The fraction of sp³-hybridized carbons (Fsp3) is 0.588. The van der Waals surface area contributed by atoms with Gasteiger partial charge in [-0.1, -0.05) is 0 Å². The van der Waals surface area contributed by atoms with Crippen LogP contribution in [0, 0.1) is 0 Å². The molecule has 0 unspecified atom stereocenters. The minimum absolute atomic E-state index is 0.120. The highest BCUT2D eigenvalue weighted by molar-refractivity contribution is 5.95. The number of morpholine rings is 1. The van der Waals surface area contributed by atoms with Crippen LogP contribution in [0.5, 0.6) is 0 Å². The van der Waals surface area contributed by atoms with Crippen molar-refractivity contribution in [2.75, 3.05) is 52.5 Å². The van der Waals surface area contributed by atoms with Crippen LogP contribution in [-0.2, 0) is 10.9 Å². The summed E-state index contributed by atoms with van der Waals surface area (Å²) >= 11 is 0. The zero-order valence-corrected chi connectivity index (χ0v) is 14.7. The van der Waals surface area contributed by atoms with Gasteiger partial charge in [0, 0.05) is 51.7 Å². The molecule has 3 rings (SSSR count). The van der Waals surface area contributed by atoms with Gasteiger partial charge in [0.15, 0.2) is 0 Å². The lowest BCUT2D eigenvalue weighted by Gasteiger charge is -2.32. The van der Waals surface area contributed by atoms with Gasteiger partial charge in [-0.3, -0.25) is 9.78 Å². The zero-order chi connectivity index (χ0) is 19.4. The molecule has 3 amide bonds. The third kappa shape index (κ3) is 4.49. The number of aromatic nitrogens is 1. The quantitative estimate of drug-likeness (QED) is 0.737. The molecule has 0 saturated carbocycles. The van der Waals surface area contributed by atoms with Crippen molar-refractivity contribution in [3.8, 4) is 0 Å². The number of rotatable bonds is 1. The van der Waals surface area contributed by atoms with Gasteiger partial charge in [-0.25, -0.2) is 4.79 Å². The Kier molecular flexibility index (Phi) is 5.83. The van der Waals surface area contributed by atoms with E-state index in [1.165, 1.54) is 4.90 Å². The van der Waals surface area contributed by atoms with Crippen LogP contribution >= 0.6 is 0 Å². The highest BCUT2D eigenvalue weighted by Crippen LogP contribution is 2.32. The number of halogens is 3. The van der Waals surface area contributed by atoms with Gasteiger partial charge in [-0.15, -0.1) is 0 Å². The first-order valence-corrected chi connectivity index (χ1v) is 8.80. The summed E-state index contributed by atoms with van der Waals surface area (Å²) in [7, 11) is 0. The van der Waals surface area contributed by atoms with E-state index in [-0.39, 0.29) is 25.7 Å². The summed E-state index contributed by atoms with van der Waals surface area (Å²) in [6.45, 7) is 3.23. The van der Waals surface area contributed by atoms with E-state index in [0.717, 1.165) is 18.5 Å². The Bertz CT molecular complexity index is 692. The minimum atomic E-state index is -4.63. The first-order chi connectivity index (χ1) is 12.9. The average Bonchev–Trinajstić information content (AvgIpc) is 2.93. The molecule has 0 N–H and O–H groups in total. The van der Waals surface area contributed by atoms with Crippen LogP contribution in [0.3, 0.4) is 0 Å². The second-order valence-electron chi connectivity index (χ2n) is 6.43. The summed E-state index contributed by atoms with van der Waals surface area (Å²) in [5.41, 5.74) is -1.45. The third-order valence-corrected chi connectivity index (χ3v) is 4.69. The van der Waals surface area contributed by atoms with E-state index in [0.29, 0.717) is 39.3 Å². The Morgan fingerprint density at radius 3 is 2.30 bits per heavy atom. The maximum Gasteiger partial charge on any atom is 0.417 e. The Labute approximate surface area is 154 Å². The number of amides is 3. The monoisotopic (exact) mass is 386 g/mol. The first kappa shape index (κ1) is 19.4. The highest BCUT2D eigenvalue weighted by atomic mass is 19.4. The molecular formula is C17H21F3N4O3. The van der Waals surface area contributed by atoms with Crippen molar-refractivity contribution < 1.29 is 27.5 Å². The van der Waals surface area contributed by atoms with Gasteiger partial charge >= 0.3 is 12.2 Å². The van der Waals surface area contributed by atoms with Crippen molar-refractivity contribution in [2.45, 2.75) is 12.6 Å². The second-order valence-corrected chi connectivity index (χ2v) is 6.43. The van der Waals surface area contributed by atoms with Gasteiger partial charge in [-0.2, -0.15) is 13.2 Å². The number of hydrogen-bond acceptors (Lipinski definition) is 4. The van der Waals surface area contributed by atoms with Crippen molar-refractivity contribution in [3.05, 3.63) is 29.6 Å². The fourth-order valence-electron chi connectivity index (χ4n) is 3.25. The summed E-state index contributed by atoms with van der Waals surface area (Å²) < 4.78 is 44.7. The molecule has 2 saturated heterocycles. The van der Waals surface area contributed by atoms with Crippen LogP contribution < -0.4 is 0 Å². The topological polar surface area (TPSA) is 66.0 Å². The SMILES string of the molecule is O=C(c1cnccc1C(F)(F)F)N1CCCN(C(=O)N2CCOCC2)CC1. The molecule has 2 aliphatic heterocycles. The number of carbonyl (C=O) groups excluding carboxylic acids is 2. The number of pyridine rings is 1. The Morgan fingerprint density at radius 1 is 0.963 bits per heavy atom. The fourth-order valence-corrected chi connectivity index (χ4v) is 3.25. The first-order valence-electron chi connectivity index (χ1n) is 8.80. The van der Waals surface area contributed by atoms with E-state index < -0.39 is 23.2 Å². The summed E-state index contributed by atoms with van der Waals surface area (Å²) in [5, 5.41) is 0. The number of carbonyl (C=O) groups is 2. The lowest BCUT2D eigenvalue weighted by Crippen LogP contribution is -2.49. The van der Waals surface area contributed by atoms with Gasteiger partial charge in [0.1, 0.15) is 0 Å². The summed E-state index contributed by atoms with van der Waals surface area (Å²) in [6.07, 6.45) is -2.15. The molecule has 27 heavy (non-hydrogen) atoms.